The molecule has 0 aliphatic heterocycles. The van der Waals surface area contributed by atoms with Crippen LogP contribution in [0.1, 0.15) is 31.2 Å². The molecule has 1 fully saturated rings. The molecule has 0 amide bonds. The summed E-state index contributed by atoms with van der Waals surface area (Å²) in [4.78, 5) is 10.9. The van der Waals surface area contributed by atoms with Gasteiger partial charge in [-0.1, -0.05) is 17.7 Å². The van der Waals surface area contributed by atoms with Crippen LogP contribution < -0.4 is 5.32 Å². The van der Waals surface area contributed by atoms with E-state index in [9.17, 15) is 9.18 Å². The maximum atomic E-state index is 13.3. The Bertz CT molecular complexity index is 473. The number of carboxylic acid groups (broad SMARTS) is 1. The largest absolute Gasteiger partial charge is 0.481 e. The minimum absolute atomic E-state index is 0.140. The number of hydrogen-bond acceptors (Lipinski definition) is 2. The number of carboxylic acids is 1. The number of nitrogens with one attached hydrogen (secondary N) is 1. The molecule has 1 aromatic carbocycles. The molecule has 2 rings (SSSR count). The SMILES string of the molecule is O=C(O)C1CCC(CNCc2ccc(Cl)c(F)c2)CC1. The Morgan fingerprint density at radius 2 is 2.05 bits per heavy atom. The van der Waals surface area contributed by atoms with Crippen molar-refractivity contribution in [1.29, 1.82) is 0 Å². The molecule has 3 nitrogen and oxygen atoms in total. The van der Waals surface area contributed by atoms with Crippen molar-refractivity contribution in [2.45, 2.75) is 32.2 Å². The number of rotatable bonds is 5. The molecule has 1 aliphatic carbocycles. The van der Waals surface area contributed by atoms with Crippen molar-refractivity contribution in [3.8, 4) is 0 Å². The standard InChI is InChI=1S/C15H19ClFNO2/c16-13-6-3-11(7-14(13)17)9-18-8-10-1-4-12(5-2-10)15(19)20/h3,6-7,10,12,18H,1-2,4-5,8-9H2,(H,19,20). The van der Waals surface area contributed by atoms with Crippen LogP contribution in [0.3, 0.4) is 0 Å². The number of carbonyl (C=O) groups is 1. The first-order valence-electron chi connectivity index (χ1n) is 6.93. The van der Waals surface area contributed by atoms with E-state index in [4.69, 9.17) is 16.7 Å². The normalized spacial score (nSPS) is 22.7. The molecular weight excluding hydrogens is 281 g/mol. The van der Waals surface area contributed by atoms with Gasteiger partial charge in [-0.05, 0) is 55.8 Å². The highest BCUT2D eigenvalue weighted by molar-refractivity contribution is 6.30. The van der Waals surface area contributed by atoms with E-state index in [0.29, 0.717) is 12.5 Å². The first kappa shape index (κ1) is 15.3. The number of aliphatic carboxylic acids is 1. The second kappa shape index (κ2) is 7.04. The van der Waals surface area contributed by atoms with Crippen LogP contribution in [-0.2, 0) is 11.3 Å². The molecule has 0 bridgehead atoms. The predicted octanol–water partition coefficient (Wildman–Crippen LogP) is 3.46. The third-order valence-corrected chi connectivity index (χ3v) is 4.25. The summed E-state index contributed by atoms with van der Waals surface area (Å²) >= 11 is 5.63. The zero-order valence-corrected chi connectivity index (χ0v) is 12.0. The van der Waals surface area contributed by atoms with Gasteiger partial charge in [0.05, 0.1) is 10.9 Å². The van der Waals surface area contributed by atoms with Gasteiger partial charge in [0, 0.05) is 6.54 Å². The summed E-state index contributed by atoms with van der Waals surface area (Å²) in [5, 5.41) is 12.4. The van der Waals surface area contributed by atoms with Crippen LogP contribution in [0.5, 0.6) is 0 Å². The highest BCUT2D eigenvalue weighted by Gasteiger charge is 2.25. The van der Waals surface area contributed by atoms with Gasteiger partial charge in [0.1, 0.15) is 5.82 Å². The molecule has 2 N–H and O–H groups in total. The van der Waals surface area contributed by atoms with Crippen molar-refractivity contribution in [3.63, 3.8) is 0 Å². The number of benzene rings is 1. The lowest BCUT2D eigenvalue weighted by atomic mass is 9.82. The molecule has 1 aromatic rings. The quantitative estimate of drug-likeness (QED) is 0.875. The van der Waals surface area contributed by atoms with E-state index in [0.717, 1.165) is 37.8 Å². The lowest BCUT2D eigenvalue weighted by Crippen LogP contribution is -2.28. The maximum absolute atomic E-state index is 13.3. The smallest absolute Gasteiger partial charge is 0.306 e. The lowest BCUT2D eigenvalue weighted by molar-refractivity contribution is -0.143. The topological polar surface area (TPSA) is 49.3 Å². The zero-order chi connectivity index (χ0) is 14.5. The fourth-order valence-electron chi connectivity index (χ4n) is 2.68. The zero-order valence-electron chi connectivity index (χ0n) is 11.2. The Hall–Kier alpha value is -1.13. The van der Waals surface area contributed by atoms with Gasteiger partial charge < -0.3 is 10.4 Å². The van der Waals surface area contributed by atoms with Gasteiger partial charge in [0.2, 0.25) is 0 Å². The van der Waals surface area contributed by atoms with Crippen molar-refractivity contribution >= 4 is 17.6 Å². The maximum Gasteiger partial charge on any atom is 0.306 e. The second-order valence-electron chi connectivity index (χ2n) is 5.44. The highest BCUT2D eigenvalue weighted by atomic mass is 35.5. The Morgan fingerprint density at radius 1 is 1.35 bits per heavy atom. The minimum atomic E-state index is -0.673. The first-order chi connectivity index (χ1) is 9.56. The van der Waals surface area contributed by atoms with Crippen LogP contribution in [-0.4, -0.2) is 17.6 Å². The van der Waals surface area contributed by atoms with Crippen molar-refractivity contribution in [2.24, 2.45) is 11.8 Å². The average Bonchev–Trinajstić information content (AvgIpc) is 2.43. The van der Waals surface area contributed by atoms with Gasteiger partial charge in [0.25, 0.3) is 0 Å². The lowest BCUT2D eigenvalue weighted by Gasteiger charge is -2.26. The van der Waals surface area contributed by atoms with Crippen molar-refractivity contribution in [1.82, 2.24) is 5.32 Å². The van der Waals surface area contributed by atoms with Crippen LogP contribution in [0.25, 0.3) is 0 Å². The number of halogens is 2. The molecular formula is C15H19ClFNO2. The Balaban J connectivity index is 1.71. The van der Waals surface area contributed by atoms with Crippen molar-refractivity contribution < 1.29 is 14.3 Å². The fraction of sp³-hybridized carbons (Fsp3) is 0.533. The summed E-state index contributed by atoms with van der Waals surface area (Å²) in [7, 11) is 0. The molecule has 0 spiro atoms. The van der Waals surface area contributed by atoms with E-state index in [1.54, 1.807) is 12.1 Å². The van der Waals surface area contributed by atoms with E-state index in [1.807, 2.05) is 0 Å². The van der Waals surface area contributed by atoms with Gasteiger partial charge >= 0.3 is 5.97 Å². The van der Waals surface area contributed by atoms with E-state index in [2.05, 4.69) is 5.32 Å². The molecule has 1 aliphatic rings. The summed E-state index contributed by atoms with van der Waals surface area (Å²) in [6.45, 7) is 1.45. The predicted molar refractivity (Wildman–Crippen MR) is 76.2 cm³/mol. The first-order valence-corrected chi connectivity index (χ1v) is 7.31. The molecule has 0 saturated heterocycles. The van der Waals surface area contributed by atoms with Gasteiger partial charge in [-0.25, -0.2) is 4.39 Å². The van der Waals surface area contributed by atoms with E-state index in [1.165, 1.54) is 6.07 Å². The van der Waals surface area contributed by atoms with Crippen LogP contribution in [0.15, 0.2) is 18.2 Å². The van der Waals surface area contributed by atoms with Crippen molar-refractivity contribution in [2.75, 3.05) is 6.54 Å². The van der Waals surface area contributed by atoms with E-state index < -0.39 is 11.8 Å². The molecule has 0 heterocycles. The average molecular weight is 300 g/mol. The van der Waals surface area contributed by atoms with Crippen molar-refractivity contribution in [3.05, 3.63) is 34.6 Å². The minimum Gasteiger partial charge on any atom is -0.481 e. The summed E-state index contributed by atoms with van der Waals surface area (Å²) in [6.07, 6.45) is 3.41. The molecule has 5 heteroatoms. The van der Waals surface area contributed by atoms with Gasteiger partial charge in [-0.15, -0.1) is 0 Å². The van der Waals surface area contributed by atoms with Gasteiger partial charge in [-0.3, -0.25) is 4.79 Å². The molecule has 0 unspecified atom stereocenters. The van der Waals surface area contributed by atoms with Crippen LogP contribution in [0.2, 0.25) is 5.02 Å². The molecule has 20 heavy (non-hydrogen) atoms. The molecule has 110 valence electrons. The van der Waals surface area contributed by atoms with Gasteiger partial charge in [0.15, 0.2) is 0 Å². The third kappa shape index (κ3) is 4.18. The van der Waals surface area contributed by atoms with Crippen LogP contribution in [0, 0.1) is 17.7 Å². The Kier molecular flexibility index (Phi) is 5.38. The van der Waals surface area contributed by atoms with Gasteiger partial charge in [-0.2, -0.15) is 0 Å². The summed E-state index contributed by atoms with van der Waals surface area (Å²) in [6, 6.07) is 4.81. The molecule has 0 atom stereocenters. The molecule has 0 radical (unpaired) electrons. The third-order valence-electron chi connectivity index (χ3n) is 3.94. The monoisotopic (exact) mass is 299 g/mol. The summed E-state index contributed by atoms with van der Waals surface area (Å²) in [5.41, 5.74) is 0.867. The summed E-state index contributed by atoms with van der Waals surface area (Å²) < 4.78 is 13.3. The molecule has 0 aromatic heterocycles. The second-order valence-corrected chi connectivity index (χ2v) is 5.84. The van der Waals surface area contributed by atoms with E-state index >= 15 is 0 Å². The highest BCUT2D eigenvalue weighted by Crippen LogP contribution is 2.28. The van der Waals surface area contributed by atoms with Crippen LogP contribution in [0.4, 0.5) is 4.39 Å². The Morgan fingerprint density at radius 3 is 2.65 bits per heavy atom. The Labute approximate surface area is 123 Å². The fourth-order valence-corrected chi connectivity index (χ4v) is 2.80. The summed E-state index contributed by atoms with van der Waals surface area (Å²) in [5.74, 6) is -0.722. The number of hydrogen-bond donors (Lipinski definition) is 2. The van der Waals surface area contributed by atoms with E-state index in [-0.39, 0.29) is 10.9 Å². The molecule has 1 saturated carbocycles. The van der Waals surface area contributed by atoms with Crippen LogP contribution >= 0.6 is 11.6 Å².